The van der Waals surface area contributed by atoms with E-state index >= 15 is 0 Å². The van der Waals surface area contributed by atoms with E-state index in [0.717, 1.165) is 17.7 Å². The molecule has 0 radical (unpaired) electrons. The number of ether oxygens (including phenoxy) is 1. The quantitative estimate of drug-likeness (QED) is 0.905. The summed E-state index contributed by atoms with van der Waals surface area (Å²) >= 11 is 1.61. The molecular formula is C17H21NO2S. The molecule has 0 aliphatic carbocycles. The molecule has 1 aromatic heterocycles. The molecule has 0 spiro atoms. The van der Waals surface area contributed by atoms with E-state index in [-0.39, 0.29) is 11.6 Å². The Bertz CT molecular complexity index is 595. The van der Waals surface area contributed by atoms with E-state index < -0.39 is 6.10 Å². The molecule has 4 heteroatoms. The van der Waals surface area contributed by atoms with Gasteiger partial charge in [-0.25, -0.2) is 0 Å². The van der Waals surface area contributed by atoms with Crippen LogP contribution in [-0.2, 0) is 0 Å². The maximum atomic E-state index is 10.2. The largest absolute Gasteiger partial charge is 0.487 e. The summed E-state index contributed by atoms with van der Waals surface area (Å²) in [5.41, 5.74) is 1.96. The first-order valence-corrected chi connectivity index (χ1v) is 8.21. The van der Waals surface area contributed by atoms with Crippen LogP contribution in [0.3, 0.4) is 0 Å². The number of hydrogen-bond acceptors (Lipinski definition) is 4. The van der Waals surface area contributed by atoms with Gasteiger partial charge in [0.1, 0.15) is 11.4 Å². The van der Waals surface area contributed by atoms with E-state index in [2.05, 4.69) is 25.2 Å². The van der Waals surface area contributed by atoms with Crippen molar-refractivity contribution >= 4 is 11.3 Å². The van der Waals surface area contributed by atoms with Crippen LogP contribution in [0.25, 0.3) is 0 Å². The summed E-state index contributed by atoms with van der Waals surface area (Å²) in [6.45, 7) is 4.76. The zero-order chi connectivity index (χ0) is 14.9. The molecule has 0 saturated heterocycles. The van der Waals surface area contributed by atoms with Gasteiger partial charge in [0.15, 0.2) is 0 Å². The highest BCUT2D eigenvalue weighted by molar-refractivity contribution is 7.07. The molecule has 21 heavy (non-hydrogen) atoms. The van der Waals surface area contributed by atoms with Crippen molar-refractivity contribution in [3.63, 3.8) is 0 Å². The van der Waals surface area contributed by atoms with Gasteiger partial charge >= 0.3 is 0 Å². The number of aliphatic hydroxyl groups is 1. The van der Waals surface area contributed by atoms with E-state index in [4.69, 9.17) is 4.74 Å². The molecule has 0 amide bonds. The molecule has 2 atom stereocenters. The van der Waals surface area contributed by atoms with Crippen LogP contribution >= 0.6 is 11.3 Å². The first-order valence-electron chi connectivity index (χ1n) is 7.27. The van der Waals surface area contributed by atoms with Crippen LogP contribution in [0.5, 0.6) is 5.75 Å². The summed E-state index contributed by atoms with van der Waals surface area (Å²) < 4.78 is 6.03. The summed E-state index contributed by atoms with van der Waals surface area (Å²) in [7, 11) is 0. The average Bonchev–Trinajstić information content (AvgIpc) is 2.97. The fourth-order valence-corrected chi connectivity index (χ4v) is 3.53. The lowest BCUT2D eigenvalue weighted by molar-refractivity contribution is 0.0620. The van der Waals surface area contributed by atoms with Crippen molar-refractivity contribution in [3.8, 4) is 5.75 Å². The number of aliphatic hydroxyl groups excluding tert-OH is 1. The van der Waals surface area contributed by atoms with Gasteiger partial charge in [0.2, 0.25) is 0 Å². The van der Waals surface area contributed by atoms with Crippen LogP contribution in [0.1, 0.15) is 43.5 Å². The number of thiophene rings is 1. The maximum absolute atomic E-state index is 10.2. The second-order valence-electron chi connectivity index (χ2n) is 6.14. The predicted octanol–water partition coefficient (Wildman–Crippen LogP) is 3.67. The van der Waals surface area contributed by atoms with Crippen molar-refractivity contribution in [2.24, 2.45) is 0 Å². The number of para-hydroxylation sites is 1. The van der Waals surface area contributed by atoms with Gasteiger partial charge in [0.05, 0.1) is 6.10 Å². The third-order valence-electron chi connectivity index (χ3n) is 3.86. The highest BCUT2D eigenvalue weighted by Crippen LogP contribution is 2.39. The topological polar surface area (TPSA) is 41.5 Å². The molecule has 1 aliphatic rings. The molecule has 3 rings (SSSR count). The lowest BCUT2D eigenvalue weighted by Gasteiger charge is -2.38. The Kier molecular flexibility index (Phi) is 4.02. The summed E-state index contributed by atoms with van der Waals surface area (Å²) in [6, 6.07) is 10.3. The van der Waals surface area contributed by atoms with Crippen molar-refractivity contribution in [1.82, 2.24) is 5.32 Å². The van der Waals surface area contributed by atoms with Crippen LogP contribution in [0, 0.1) is 0 Å². The molecule has 3 nitrogen and oxygen atoms in total. The zero-order valence-corrected chi connectivity index (χ0v) is 13.2. The highest BCUT2D eigenvalue weighted by Gasteiger charge is 2.33. The SMILES string of the molecule is CC1(C)CC(NCC(O)c2ccsc2)c2ccccc2O1. The highest BCUT2D eigenvalue weighted by atomic mass is 32.1. The van der Waals surface area contributed by atoms with Crippen LogP contribution in [0.15, 0.2) is 41.1 Å². The van der Waals surface area contributed by atoms with Crippen molar-refractivity contribution < 1.29 is 9.84 Å². The van der Waals surface area contributed by atoms with Gasteiger partial charge in [-0.3, -0.25) is 0 Å². The minimum absolute atomic E-state index is 0.195. The lowest BCUT2D eigenvalue weighted by Crippen LogP contribution is -2.40. The standard InChI is InChI=1S/C17H21NO2S/c1-17(2)9-14(13-5-3-4-6-16(13)20-17)18-10-15(19)12-7-8-21-11-12/h3-8,11,14-15,18-19H,9-10H2,1-2H3. The second-order valence-corrected chi connectivity index (χ2v) is 6.92. The predicted molar refractivity (Wildman–Crippen MR) is 85.8 cm³/mol. The molecule has 2 unspecified atom stereocenters. The molecule has 2 N–H and O–H groups in total. The fraction of sp³-hybridized carbons (Fsp3) is 0.412. The lowest BCUT2D eigenvalue weighted by atomic mass is 9.89. The summed E-state index contributed by atoms with van der Waals surface area (Å²) in [4.78, 5) is 0. The molecule has 112 valence electrons. The Balaban J connectivity index is 1.73. The Morgan fingerprint density at radius 1 is 1.38 bits per heavy atom. The van der Waals surface area contributed by atoms with E-state index in [0.29, 0.717) is 6.54 Å². The fourth-order valence-electron chi connectivity index (χ4n) is 2.82. The van der Waals surface area contributed by atoms with E-state index in [1.807, 2.05) is 35.0 Å². The molecule has 2 aromatic rings. The van der Waals surface area contributed by atoms with Crippen molar-refractivity contribution in [1.29, 1.82) is 0 Å². The van der Waals surface area contributed by atoms with Gasteiger partial charge in [-0.05, 0) is 42.3 Å². The van der Waals surface area contributed by atoms with Gasteiger partial charge in [-0.2, -0.15) is 11.3 Å². The minimum atomic E-state index is -0.464. The number of fused-ring (bicyclic) bond motifs is 1. The molecule has 2 heterocycles. The molecule has 0 fully saturated rings. The summed E-state index contributed by atoms with van der Waals surface area (Å²) in [5, 5.41) is 17.7. The monoisotopic (exact) mass is 303 g/mol. The third-order valence-corrected chi connectivity index (χ3v) is 4.56. The first-order chi connectivity index (χ1) is 10.1. The van der Waals surface area contributed by atoms with Crippen LogP contribution in [0.2, 0.25) is 0 Å². The molecule has 1 aromatic carbocycles. The molecular weight excluding hydrogens is 282 g/mol. The zero-order valence-electron chi connectivity index (χ0n) is 12.4. The van der Waals surface area contributed by atoms with E-state index in [1.54, 1.807) is 11.3 Å². The van der Waals surface area contributed by atoms with Crippen molar-refractivity contribution in [2.75, 3.05) is 6.54 Å². The van der Waals surface area contributed by atoms with Gasteiger partial charge in [0, 0.05) is 24.6 Å². The maximum Gasteiger partial charge on any atom is 0.124 e. The third kappa shape index (κ3) is 3.28. The van der Waals surface area contributed by atoms with Crippen molar-refractivity contribution in [3.05, 3.63) is 52.2 Å². The Morgan fingerprint density at radius 2 is 2.19 bits per heavy atom. The van der Waals surface area contributed by atoms with E-state index in [9.17, 15) is 5.11 Å². The molecule has 0 saturated carbocycles. The normalized spacial score (nSPS) is 21.4. The minimum Gasteiger partial charge on any atom is -0.487 e. The van der Waals surface area contributed by atoms with Gasteiger partial charge in [0.25, 0.3) is 0 Å². The average molecular weight is 303 g/mol. The Labute approximate surface area is 129 Å². The number of rotatable bonds is 4. The van der Waals surface area contributed by atoms with Crippen LogP contribution in [0.4, 0.5) is 0 Å². The van der Waals surface area contributed by atoms with Gasteiger partial charge < -0.3 is 15.2 Å². The number of nitrogens with one attached hydrogen (secondary N) is 1. The van der Waals surface area contributed by atoms with Gasteiger partial charge in [-0.1, -0.05) is 18.2 Å². The van der Waals surface area contributed by atoms with Crippen molar-refractivity contribution in [2.45, 2.75) is 38.0 Å². The number of benzene rings is 1. The van der Waals surface area contributed by atoms with Crippen LogP contribution in [-0.4, -0.2) is 17.3 Å². The van der Waals surface area contributed by atoms with E-state index in [1.165, 1.54) is 5.56 Å². The summed E-state index contributed by atoms with van der Waals surface area (Å²) in [6.07, 6.45) is 0.426. The second kappa shape index (κ2) is 5.79. The first kappa shape index (κ1) is 14.6. The summed E-state index contributed by atoms with van der Waals surface area (Å²) in [5.74, 6) is 0.941. The Hall–Kier alpha value is -1.36. The number of hydrogen-bond donors (Lipinski definition) is 2. The van der Waals surface area contributed by atoms with Gasteiger partial charge in [-0.15, -0.1) is 0 Å². The molecule has 1 aliphatic heterocycles. The van der Waals surface area contributed by atoms with Crippen LogP contribution < -0.4 is 10.1 Å². The molecule has 0 bridgehead atoms. The Morgan fingerprint density at radius 3 is 2.95 bits per heavy atom. The smallest absolute Gasteiger partial charge is 0.124 e.